The van der Waals surface area contributed by atoms with Gasteiger partial charge in [0.15, 0.2) is 0 Å². The third-order valence-corrected chi connectivity index (χ3v) is 4.56. The van der Waals surface area contributed by atoms with E-state index in [9.17, 15) is 4.79 Å². The molecule has 3 rings (SSSR count). The third-order valence-electron chi connectivity index (χ3n) is 4.56. The Morgan fingerprint density at radius 3 is 2.48 bits per heavy atom. The van der Waals surface area contributed by atoms with E-state index in [1.165, 1.54) is 21.9 Å². The molecule has 0 atom stereocenters. The highest BCUT2D eigenvalue weighted by atomic mass is 16.5. The van der Waals surface area contributed by atoms with Crippen LogP contribution < -0.4 is 15.4 Å². The Balaban J connectivity index is 1.63. The fraction of sp³-hybridized carbons (Fsp3) is 0.261. The van der Waals surface area contributed by atoms with Gasteiger partial charge < -0.3 is 15.4 Å². The second kappa shape index (κ2) is 9.19. The summed E-state index contributed by atoms with van der Waals surface area (Å²) >= 11 is 0. The molecular formula is C23H26N2O2. The number of benzene rings is 3. The van der Waals surface area contributed by atoms with E-state index < -0.39 is 0 Å². The van der Waals surface area contributed by atoms with Crippen LogP contribution in [0.3, 0.4) is 0 Å². The first kappa shape index (κ1) is 18.9. The van der Waals surface area contributed by atoms with Crippen molar-refractivity contribution in [1.82, 2.24) is 5.32 Å². The summed E-state index contributed by atoms with van der Waals surface area (Å²) in [6, 6.07) is 20.4. The number of methoxy groups -OCH3 is 1. The van der Waals surface area contributed by atoms with Crippen LogP contribution in [0.25, 0.3) is 10.8 Å². The lowest BCUT2D eigenvalue weighted by atomic mass is 10.0. The SMILES string of the molecule is CCCC(=O)Nc1ccc(CNCc2c(OC)ccc3ccccc23)cc1. The van der Waals surface area contributed by atoms with Crippen LogP contribution in [0.2, 0.25) is 0 Å². The van der Waals surface area contributed by atoms with Crippen LogP contribution in [-0.2, 0) is 17.9 Å². The summed E-state index contributed by atoms with van der Waals surface area (Å²) in [5.41, 5.74) is 3.18. The van der Waals surface area contributed by atoms with Gasteiger partial charge in [0.1, 0.15) is 5.75 Å². The molecule has 3 aromatic carbocycles. The molecule has 0 radical (unpaired) electrons. The second-order valence-electron chi connectivity index (χ2n) is 6.57. The molecule has 140 valence electrons. The topological polar surface area (TPSA) is 50.4 Å². The number of amides is 1. The Labute approximate surface area is 160 Å². The molecule has 0 heterocycles. The van der Waals surface area contributed by atoms with Crippen LogP contribution in [0.5, 0.6) is 5.75 Å². The van der Waals surface area contributed by atoms with Crippen LogP contribution in [0.1, 0.15) is 30.9 Å². The quantitative estimate of drug-likeness (QED) is 0.601. The Morgan fingerprint density at radius 1 is 0.963 bits per heavy atom. The predicted octanol–water partition coefficient (Wildman–Crippen LogP) is 4.88. The zero-order valence-electron chi connectivity index (χ0n) is 15.9. The molecule has 0 aliphatic heterocycles. The number of anilines is 1. The second-order valence-corrected chi connectivity index (χ2v) is 6.57. The number of hydrogen-bond acceptors (Lipinski definition) is 3. The predicted molar refractivity (Wildman–Crippen MR) is 111 cm³/mol. The Bertz CT molecular complexity index is 904. The van der Waals surface area contributed by atoms with Crippen LogP contribution in [0, 0.1) is 0 Å². The smallest absolute Gasteiger partial charge is 0.224 e. The van der Waals surface area contributed by atoms with Crippen molar-refractivity contribution in [3.05, 3.63) is 71.8 Å². The van der Waals surface area contributed by atoms with Crippen molar-refractivity contribution in [3.63, 3.8) is 0 Å². The van der Waals surface area contributed by atoms with Crippen molar-refractivity contribution >= 4 is 22.4 Å². The molecule has 0 bridgehead atoms. The molecule has 0 aliphatic rings. The molecule has 2 N–H and O–H groups in total. The summed E-state index contributed by atoms with van der Waals surface area (Å²) in [6.45, 7) is 3.47. The van der Waals surface area contributed by atoms with E-state index in [0.717, 1.165) is 30.9 Å². The van der Waals surface area contributed by atoms with E-state index in [1.54, 1.807) is 7.11 Å². The van der Waals surface area contributed by atoms with Crippen molar-refractivity contribution in [2.45, 2.75) is 32.9 Å². The van der Waals surface area contributed by atoms with Gasteiger partial charge >= 0.3 is 0 Å². The van der Waals surface area contributed by atoms with Gasteiger partial charge in [-0.15, -0.1) is 0 Å². The molecule has 0 saturated heterocycles. The first-order valence-corrected chi connectivity index (χ1v) is 9.35. The first-order chi connectivity index (χ1) is 13.2. The van der Waals surface area contributed by atoms with Gasteiger partial charge in [-0.2, -0.15) is 0 Å². The number of carbonyl (C=O) groups excluding carboxylic acids is 1. The van der Waals surface area contributed by atoms with E-state index in [2.05, 4.69) is 34.9 Å². The van der Waals surface area contributed by atoms with Crippen LogP contribution in [0.4, 0.5) is 5.69 Å². The Hall–Kier alpha value is -2.85. The molecule has 27 heavy (non-hydrogen) atoms. The maximum Gasteiger partial charge on any atom is 0.224 e. The molecule has 0 saturated carbocycles. The minimum absolute atomic E-state index is 0.0615. The first-order valence-electron chi connectivity index (χ1n) is 9.35. The zero-order valence-corrected chi connectivity index (χ0v) is 15.9. The molecule has 0 unspecified atom stereocenters. The largest absolute Gasteiger partial charge is 0.496 e. The van der Waals surface area contributed by atoms with Gasteiger partial charge in [0.2, 0.25) is 5.91 Å². The average molecular weight is 362 g/mol. The standard InChI is InChI=1S/C23H26N2O2/c1-3-6-23(26)25-19-12-9-17(10-13-19)15-24-16-21-20-8-5-4-7-18(20)11-14-22(21)27-2/h4-5,7-14,24H,3,6,15-16H2,1-2H3,(H,25,26). The fourth-order valence-corrected chi connectivity index (χ4v) is 3.18. The van der Waals surface area contributed by atoms with E-state index in [1.807, 2.05) is 43.3 Å². The van der Waals surface area contributed by atoms with Gasteiger partial charge in [0, 0.05) is 30.8 Å². The number of hydrogen-bond donors (Lipinski definition) is 2. The summed E-state index contributed by atoms with van der Waals surface area (Å²) in [5.74, 6) is 0.960. The minimum atomic E-state index is 0.0615. The molecule has 0 aliphatic carbocycles. The van der Waals surface area contributed by atoms with Crippen molar-refractivity contribution in [1.29, 1.82) is 0 Å². The van der Waals surface area contributed by atoms with E-state index in [-0.39, 0.29) is 5.91 Å². The Kier molecular flexibility index (Phi) is 6.44. The number of rotatable bonds is 8. The summed E-state index contributed by atoms with van der Waals surface area (Å²) in [4.78, 5) is 11.7. The van der Waals surface area contributed by atoms with Crippen molar-refractivity contribution < 1.29 is 9.53 Å². The molecule has 1 amide bonds. The molecule has 4 heteroatoms. The summed E-state index contributed by atoms with van der Waals surface area (Å²) < 4.78 is 5.55. The highest BCUT2D eigenvalue weighted by Gasteiger charge is 2.08. The van der Waals surface area contributed by atoms with E-state index in [4.69, 9.17) is 4.74 Å². The van der Waals surface area contributed by atoms with Gasteiger partial charge in [0.05, 0.1) is 7.11 Å². The number of carbonyl (C=O) groups is 1. The molecule has 0 aromatic heterocycles. The lowest BCUT2D eigenvalue weighted by molar-refractivity contribution is -0.116. The highest BCUT2D eigenvalue weighted by molar-refractivity contribution is 5.90. The summed E-state index contributed by atoms with van der Waals surface area (Å²) in [7, 11) is 1.71. The van der Waals surface area contributed by atoms with Gasteiger partial charge in [-0.3, -0.25) is 4.79 Å². The third kappa shape index (κ3) is 4.86. The normalized spacial score (nSPS) is 10.7. The maximum absolute atomic E-state index is 11.7. The summed E-state index contributed by atoms with van der Waals surface area (Å²) in [5, 5.41) is 8.83. The van der Waals surface area contributed by atoms with Gasteiger partial charge in [-0.25, -0.2) is 0 Å². The van der Waals surface area contributed by atoms with E-state index >= 15 is 0 Å². The number of ether oxygens (including phenoxy) is 1. The fourth-order valence-electron chi connectivity index (χ4n) is 3.18. The molecule has 0 fully saturated rings. The van der Waals surface area contributed by atoms with Crippen LogP contribution in [-0.4, -0.2) is 13.0 Å². The average Bonchev–Trinajstić information content (AvgIpc) is 2.69. The van der Waals surface area contributed by atoms with E-state index in [0.29, 0.717) is 6.42 Å². The lowest BCUT2D eigenvalue weighted by Crippen LogP contribution is -2.14. The van der Waals surface area contributed by atoms with Crippen molar-refractivity contribution in [3.8, 4) is 5.75 Å². The molecule has 3 aromatic rings. The minimum Gasteiger partial charge on any atom is -0.496 e. The summed E-state index contributed by atoms with van der Waals surface area (Å²) in [6.07, 6.45) is 1.40. The lowest BCUT2D eigenvalue weighted by Gasteiger charge is -2.13. The van der Waals surface area contributed by atoms with Crippen molar-refractivity contribution in [2.75, 3.05) is 12.4 Å². The Morgan fingerprint density at radius 2 is 1.74 bits per heavy atom. The monoisotopic (exact) mass is 362 g/mol. The molecule has 0 spiro atoms. The van der Waals surface area contributed by atoms with Crippen LogP contribution in [0.15, 0.2) is 60.7 Å². The van der Waals surface area contributed by atoms with Gasteiger partial charge in [0.25, 0.3) is 0 Å². The highest BCUT2D eigenvalue weighted by Crippen LogP contribution is 2.27. The van der Waals surface area contributed by atoms with Gasteiger partial charge in [-0.05, 0) is 41.0 Å². The number of nitrogens with one attached hydrogen (secondary N) is 2. The van der Waals surface area contributed by atoms with Gasteiger partial charge in [-0.1, -0.05) is 49.4 Å². The zero-order chi connectivity index (χ0) is 19.1. The molecule has 4 nitrogen and oxygen atoms in total. The number of fused-ring (bicyclic) bond motifs is 1. The molecular weight excluding hydrogens is 336 g/mol. The van der Waals surface area contributed by atoms with Crippen molar-refractivity contribution in [2.24, 2.45) is 0 Å². The van der Waals surface area contributed by atoms with Crippen LogP contribution >= 0.6 is 0 Å². The maximum atomic E-state index is 11.7.